The largest absolute Gasteiger partial charge is 0.496 e. The minimum atomic E-state index is -3.60. The highest BCUT2D eigenvalue weighted by Gasteiger charge is 2.25. The fourth-order valence-corrected chi connectivity index (χ4v) is 2.11. The van der Waals surface area contributed by atoms with Crippen LogP contribution in [0.4, 0.5) is 0 Å². The van der Waals surface area contributed by atoms with Gasteiger partial charge in [0.2, 0.25) is 0 Å². The maximum atomic E-state index is 12.3. The molecule has 2 aromatic rings. The highest BCUT2D eigenvalue weighted by atomic mass is 16.5. The van der Waals surface area contributed by atoms with Crippen molar-refractivity contribution in [3.63, 3.8) is 0 Å². The summed E-state index contributed by atoms with van der Waals surface area (Å²) in [6.45, 7) is -10.8. The number of hydrogen-bond acceptors (Lipinski definition) is 3. The van der Waals surface area contributed by atoms with E-state index in [0.717, 1.165) is 19.2 Å². The molecule has 0 unspecified atom stereocenters. The number of amides is 1. The normalized spacial score (nSPS) is 19.0. The van der Waals surface area contributed by atoms with E-state index in [2.05, 4.69) is 4.98 Å². The van der Waals surface area contributed by atoms with Crippen molar-refractivity contribution in [2.45, 2.75) is 26.0 Å². The summed E-state index contributed by atoms with van der Waals surface area (Å²) in [6.07, 6.45) is 1.32. The van der Waals surface area contributed by atoms with Gasteiger partial charge in [0.05, 0.1) is 12.7 Å². The van der Waals surface area contributed by atoms with Crippen LogP contribution in [0.1, 0.15) is 48.8 Å². The van der Waals surface area contributed by atoms with Crippen molar-refractivity contribution in [1.82, 2.24) is 4.98 Å². The fraction of sp³-hybridized carbons (Fsp3) is 0.294. The molecule has 0 bridgehead atoms. The molecular formula is C17H20N2O3. The molecule has 22 heavy (non-hydrogen) atoms. The second-order valence-corrected chi connectivity index (χ2v) is 4.63. The number of aromatic amines is 1. The van der Waals surface area contributed by atoms with E-state index in [-0.39, 0.29) is 11.1 Å². The number of nitrogens with two attached hydrogens (primary N) is 1. The Morgan fingerprint density at radius 3 is 2.64 bits per heavy atom. The first-order valence-electron chi connectivity index (χ1n) is 10.7. The molecule has 0 radical (unpaired) electrons. The molecule has 1 amide bonds. The maximum absolute atomic E-state index is 12.3. The molecule has 1 heterocycles. The summed E-state index contributed by atoms with van der Waals surface area (Å²) in [5.41, 5.74) is -0.155. The molecule has 3 N–H and O–H groups in total. The summed E-state index contributed by atoms with van der Waals surface area (Å²) in [7, 11) is 1.02. The first-order valence-corrected chi connectivity index (χ1v) is 6.21. The molecule has 0 aliphatic heterocycles. The van der Waals surface area contributed by atoms with E-state index >= 15 is 0 Å². The predicted molar refractivity (Wildman–Crippen MR) is 86.3 cm³/mol. The third kappa shape index (κ3) is 2.88. The number of ether oxygens (including phenoxy) is 1. The van der Waals surface area contributed by atoms with Crippen LogP contribution in [0.2, 0.25) is 0 Å². The van der Waals surface area contributed by atoms with Crippen LogP contribution in [0.5, 0.6) is 5.75 Å². The van der Waals surface area contributed by atoms with E-state index < -0.39 is 54.3 Å². The van der Waals surface area contributed by atoms with E-state index in [0.29, 0.717) is 0 Å². The topological polar surface area (TPSA) is 85.2 Å². The van der Waals surface area contributed by atoms with Gasteiger partial charge in [0.25, 0.3) is 11.5 Å². The van der Waals surface area contributed by atoms with Gasteiger partial charge in [-0.1, -0.05) is 20.6 Å². The Morgan fingerprint density at radius 1 is 1.36 bits per heavy atom. The van der Waals surface area contributed by atoms with Crippen molar-refractivity contribution >= 4 is 5.91 Å². The standard InChI is InChI=1S/C17H20N2O3/c1-17(2,3)13-9-10(11-6-5-7-19-16(11)21)8-12(15(18)20)14(13)22-4/h5-9H,1-4H3,(H2,18,20)(H,19,21)/i1D3,2D3,3D3. The Morgan fingerprint density at radius 2 is 2.09 bits per heavy atom. The SMILES string of the molecule is [2H]C([2H])([2H])C(c1cc(-c2ccc[nH]c2=O)cc(C(N)=O)c1OC)(C([2H])([2H])[2H])C([2H])([2H])[2H]. The van der Waals surface area contributed by atoms with Crippen LogP contribution in [-0.2, 0) is 5.41 Å². The zero-order chi connectivity index (χ0) is 24.0. The number of pyridine rings is 1. The van der Waals surface area contributed by atoms with Gasteiger partial charge in [0, 0.05) is 29.7 Å². The molecule has 116 valence electrons. The summed E-state index contributed by atoms with van der Waals surface area (Å²) in [5, 5.41) is 0. The van der Waals surface area contributed by atoms with Crippen molar-refractivity contribution < 1.29 is 21.9 Å². The van der Waals surface area contributed by atoms with E-state index in [1.54, 1.807) is 0 Å². The number of primary amides is 1. The van der Waals surface area contributed by atoms with Gasteiger partial charge in [-0.15, -0.1) is 0 Å². The number of nitrogens with one attached hydrogen (secondary N) is 1. The Bertz CT molecular complexity index is 1020. The first kappa shape index (κ1) is 7.63. The van der Waals surface area contributed by atoms with Gasteiger partial charge < -0.3 is 15.5 Å². The fourth-order valence-electron chi connectivity index (χ4n) is 2.11. The van der Waals surface area contributed by atoms with E-state index in [1.807, 2.05) is 0 Å². The number of carbonyl (C=O) groups excluding carboxylic acids is 1. The third-order valence-electron chi connectivity index (χ3n) is 3.09. The lowest BCUT2D eigenvalue weighted by atomic mass is 9.83. The van der Waals surface area contributed by atoms with Crippen molar-refractivity contribution in [3.05, 3.63) is 51.9 Å². The van der Waals surface area contributed by atoms with Crippen molar-refractivity contribution in [2.75, 3.05) is 7.11 Å². The lowest BCUT2D eigenvalue weighted by Gasteiger charge is -2.24. The molecule has 5 nitrogen and oxygen atoms in total. The van der Waals surface area contributed by atoms with E-state index in [9.17, 15) is 9.59 Å². The molecule has 1 aromatic heterocycles. The zero-order valence-corrected chi connectivity index (χ0v) is 11.7. The predicted octanol–water partition coefficient (Wildman–Crippen LogP) is 2.45. The number of hydrogen-bond donors (Lipinski definition) is 2. The maximum Gasteiger partial charge on any atom is 0.255 e. The quantitative estimate of drug-likeness (QED) is 0.913. The van der Waals surface area contributed by atoms with Crippen molar-refractivity contribution in [2.24, 2.45) is 5.73 Å². The van der Waals surface area contributed by atoms with E-state index in [4.69, 9.17) is 22.8 Å². The van der Waals surface area contributed by atoms with Crippen LogP contribution in [0.15, 0.2) is 35.3 Å². The Hall–Kier alpha value is -2.56. The molecule has 0 aliphatic carbocycles. The third-order valence-corrected chi connectivity index (χ3v) is 3.09. The summed E-state index contributed by atoms with van der Waals surface area (Å²) in [5.74, 6) is -1.74. The number of benzene rings is 1. The van der Waals surface area contributed by atoms with Crippen LogP contribution in [0, 0.1) is 0 Å². The molecule has 0 fully saturated rings. The van der Waals surface area contributed by atoms with Crippen LogP contribution in [0.3, 0.4) is 0 Å². The van der Waals surface area contributed by atoms with Gasteiger partial charge >= 0.3 is 0 Å². The van der Waals surface area contributed by atoms with Gasteiger partial charge in [-0.3, -0.25) is 9.59 Å². The Balaban J connectivity index is 3.21. The number of methoxy groups -OCH3 is 1. The monoisotopic (exact) mass is 309 g/mol. The molecule has 0 atom stereocenters. The lowest BCUT2D eigenvalue weighted by Crippen LogP contribution is -2.19. The summed E-state index contributed by atoms with van der Waals surface area (Å²) in [4.78, 5) is 26.8. The molecule has 0 saturated heterocycles. The minimum absolute atomic E-state index is 0.0653. The second-order valence-electron chi connectivity index (χ2n) is 4.63. The number of carbonyl (C=O) groups is 1. The molecule has 1 aromatic carbocycles. The zero-order valence-electron chi connectivity index (χ0n) is 20.7. The van der Waals surface area contributed by atoms with Crippen LogP contribution < -0.4 is 16.0 Å². The highest BCUT2D eigenvalue weighted by molar-refractivity contribution is 5.97. The van der Waals surface area contributed by atoms with Crippen LogP contribution in [0.25, 0.3) is 11.1 Å². The highest BCUT2D eigenvalue weighted by Crippen LogP contribution is 2.37. The average Bonchev–Trinajstić information content (AvgIpc) is 2.58. The number of aromatic nitrogens is 1. The van der Waals surface area contributed by atoms with Crippen molar-refractivity contribution in [1.29, 1.82) is 0 Å². The minimum Gasteiger partial charge on any atom is -0.496 e. The average molecular weight is 309 g/mol. The van der Waals surface area contributed by atoms with Crippen LogP contribution in [-0.4, -0.2) is 18.0 Å². The number of H-pyrrole nitrogens is 1. The Labute approximate surface area is 141 Å². The number of rotatable bonds is 3. The van der Waals surface area contributed by atoms with E-state index in [1.165, 1.54) is 18.3 Å². The molecule has 0 saturated carbocycles. The van der Waals surface area contributed by atoms with Crippen LogP contribution >= 0.6 is 0 Å². The molecule has 2 rings (SSSR count). The van der Waals surface area contributed by atoms with Crippen molar-refractivity contribution in [3.8, 4) is 16.9 Å². The Kier molecular flexibility index (Phi) is 1.97. The second kappa shape index (κ2) is 5.67. The van der Waals surface area contributed by atoms with Gasteiger partial charge in [-0.05, 0) is 35.2 Å². The van der Waals surface area contributed by atoms with Gasteiger partial charge in [-0.2, -0.15) is 0 Å². The summed E-state index contributed by atoms with van der Waals surface area (Å²) in [6, 6.07) is 4.81. The lowest BCUT2D eigenvalue weighted by molar-refractivity contribution is 0.0997. The summed E-state index contributed by atoms with van der Waals surface area (Å²) >= 11 is 0. The van der Waals surface area contributed by atoms with Gasteiger partial charge in [-0.25, -0.2) is 0 Å². The van der Waals surface area contributed by atoms with Gasteiger partial charge in [0.15, 0.2) is 0 Å². The molecule has 0 aliphatic rings. The molecular weight excluding hydrogens is 280 g/mol. The molecule has 5 heteroatoms. The molecule has 0 spiro atoms. The first-order chi connectivity index (χ1) is 14.0. The summed E-state index contributed by atoms with van der Waals surface area (Å²) < 4.78 is 76.5. The van der Waals surface area contributed by atoms with Gasteiger partial charge in [0.1, 0.15) is 5.75 Å². The smallest absolute Gasteiger partial charge is 0.255 e.